The minimum absolute atomic E-state index is 0.227. The van der Waals surface area contributed by atoms with Crippen LogP contribution in [0.2, 0.25) is 0 Å². The van der Waals surface area contributed by atoms with Gasteiger partial charge in [-0.2, -0.15) is 0 Å². The molecule has 0 saturated heterocycles. The number of fused-ring (bicyclic) bond motifs is 2. The molecule has 2 bridgehead atoms. The fourth-order valence-corrected chi connectivity index (χ4v) is 2.77. The summed E-state index contributed by atoms with van der Waals surface area (Å²) in [6.07, 6.45) is 4.98. The highest BCUT2D eigenvalue weighted by molar-refractivity contribution is 5.84. The number of hydrogen-bond acceptors (Lipinski definition) is 2. The van der Waals surface area contributed by atoms with Crippen molar-refractivity contribution in [1.29, 1.82) is 0 Å². The summed E-state index contributed by atoms with van der Waals surface area (Å²) in [5.41, 5.74) is -1.23. The summed E-state index contributed by atoms with van der Waals surface area (Å²) in [6.45, 7) is 3.07. The van der Waals surface area contributed by atoms with Crippen molar-refractivity contribution < 1.29 is 9.90 Å². The average molecular weight is 197 g/mol. The molecule has 80 valence electrons. The Morgan fingerprint density at radius 2 is 2.07 bits per heavy atom. The number of rotatable bonds is 2. The van der Waals surface area contributed by atoms with Gasteiger partial charge in [0.25, 0.3) is 5.91 Å². The maximum Gasteiger partial charge on any atom is 0.251 e. The quantitative estimate of drug-likeness (QED) is 0.695. The van der Waals surface area contributed by atoms with Gasteiger partial charge in [0.1, 0.15) is 5.60 Å². The number of hydrogen-bond donors (Lipinski definition) is 2. The maximum absolute atomic E-state index is 11.5. The van der Waals surface area contributed by atoms with Gasteiger partial charge in [-0.1, -0.05) is 6.42 Å². The van der Waals surface area contributed by atoms with Gasteiger partial charge in [0.15, 0.2) is 0 Å². The van der Waals surface area contributed by atoms with Gasteiger partial charge in [0.05, 0.1) is 0 Å². The molecule has 0 spiro atoms. The van der Waals surface area contributed by atoms with E-state index in [2.05, 4.69) is 5.32 Å². The zero-order valence-electron chi connectivity index (χ0n) is 8.92. The fraction of sp³-hybridized carbons (Fsp3) is 0.909. The highest BCUT2D eigenvalue weighted by Crippen LogP contribution is 2.44. The first kappa shape index (κ1) is 9.97. The first-order valence-corrected chi connectivity index (χ1v) is 5.50. The van der Waals surface area contributed by atoms with Crippen LogP contribution in [0.3, 0.4) is 0 Å². The molecule has 0 aromatic heterocycles. The molecule has 14 heavy (non-hydrogen) atoms. The van der Waals surface area contributed by atoms with E-state index in [9.17, 15) is 9.90 Å². The Morgan fingerprint density at radius 1 is 1.36 bits per heavy atom. The molecule has 0 radical (unpaired) electrons. The molecule has 2 N–H and O–H groups in total. The van der Waals surface area contributed by atoms with Crippen molar-refractivity contribution in [2.24, 2.45) is 11.8 Å². The van der Waals surface area contributed by atoms with Crippen LogP contribution in [0.25, 0.3) is 0 Å². The van der Waals surface area contributed by atoms with E-state index < -0.39 is 5.60 Å². The Hall–Kier alpha value is -0.570. The maximum atomic E-state index is 11.5. The molecule has 1 amide bonds. The molecule has 0 aromatic carbocycles. The number of carbonyl (C=O) groups is 1. The van der Waals surface area contributed by atoms with Gasteiger partial charge in [-0.3, -0.25) is 4.79 Å². The number of aliphatic hydroxyl groups is 1. The van der Waals surface area contributed by atoms with E-state index in [0.29, 0.717) is 12.0 Å². The van der Waals surface area contributed by atoms with Crippen molar-refractivity contribution in [2.45, 2.75) is 51.2 Å². The molecular weight excluding hydrogens is 178 g/mol. The summed E-state index contributed by atoms with van der Waals surface area (Å²) in [4.78, 5) is 11.5. The minimum Gasteiger partial charge on any atom is -0.381 e. The fourth-order valence-electron chi connectivity index (χ4n) is 2.77. The minimum atomic E-state index is -1.23. The summed E-state index contributed by atoms with van der Waals surface area (Å²) >= 11 is 0. The second kappa shape index (κ2) is 3.23. The van der Waals surface area contributed by atoms with Crippen LogP contribution in [0, 0.1) is 11.8 Å². The van der Waals surface area contributed by atoms with Gasteiger partial charge in [-0.25, -0.2) is 0 Å². The SMILES string of the molecule is CC(C)(O)C(=O)NC1CC2CCC1C2. The largest absolute Gasteiger partial charge is 0.381 e. The van der Waals surface area contributed by atoms with Crippen LogP contribution in [-0.2, 0) is 4.79 Å². The smallest absolute Gasteiger partial charge is 0.251 e. The van der Waals surface area contributed by atoms with Crippen molar-refractivity contribution in [1.82, 2.24) is 5.32 Å². The van der Waals surface area contributed by atoms with Gasteiger partial charge in [0.2, 0.25) is 0 Å². The van der Waals surface area contributed by atoms with Crippen LogP contribution in [0.5, 0.6) is 0 Å². The highest BCUT2D eigenvalue weighted by Gasteiger charge is 2.41. The molecule has 0 heterocycles. The lowest BCUT2D eigenvalue weighted by molar-refractivity contribution is -0.137. The predicted octanol–water partition coefficient (Wildman–Crippen LogP) is 1.06. The third-order valence-electron chi connectivity index (χ3n) is 3.61. The Kier molecular flexibility index (Phi) is 2.30. The van der Waals surface area contributed by atoms with E-state index in [4.69, 9.17) is 0 Å². The molecule has 3 heteroatoms. The van der Waals surface area contributed by atoms with Gasteiger partial charge < -0.3 is 10.4 Å². The topological polar surface area (TPSA) is 49.3 Å². The molecule has 3 atom stereocenters. The molecule has 2 aliphatic rings. The van der Waals surface area contributed by atoms with Gasteiger partial charge in [-0.15, -0.1) is 0 Å². The normalized spacial score (nSPS) is 36.1. The van der Waals surface area contributed by atoms with E-state index in [1.165, 1.54) is 33.1 Å². The zero-order chi connectivity index (χ0) is 10.3. The molecule has 2 saturated carbocycles. The average Bonchev–Trinajstić information content (AvgIpc) is 2.62. The molecule has 0 aromatic rings. The van der Waals surface area contributed by atoms with E-state index >= 15 is 0 Å². The van der Waals surface area contributed by atoms with Crippen LogP contribution in [0.15, 0.2) is 0 Å². The summed E-state index contributed by atoms with van der Waals surface area (Å²) in [5, 5.41) is 12.5. The third kappa shape index (κ3) is 1.78. The van der Waals surface area contributed by atoms with Gasteiger partial charge >= 0.3 is 0 Å². The van der Waals surface area contributed by atoms with Crippen molar-refractivity contribution in [3.63, 3.8) is 0 Å². The standard InChI is InChI=1S/C11H19NO2/c1-11(2,14)10(13)12-9-6-7-3-4-8(9)5-7/h7-9,14H,3-6H2,1-2H3,(H,12,13). The van der Waals surface area contributed by atoms with Crippen molar-refractivity contribution >= 4 is 5.91 Å². The lowest BCUT2D eigenvalue weighted by Crippen LogP contribution is -2.48. The summed E-state index contributed by atoms with van der Waals surface area (Å²) in [7, 11) is 0. The molecule has 2 aliphatic carbocycles. The first-order chi connectivity index (χ1) is 6.47. The van der Waals surface area contributed by atoms with E-state index in [0.717, 1.165) is 12.3 Å². The molecule has 2 rings (SSSR count). The Balaban J connectivity index is 1.90. The number of amides is 1. The Morgan fingerprint density at radius 3 is 2.50 bits per heavy atom. The number of carbonyl (C=O) groups excluding carboxylic acids is 1. The van der Waals surface area contributed by atoms with Gasteiger partial charge in [0, 0.05) is 6.04 Å². The van der Waals surface area contributed by atoms with Crippen LogP contribution < -0.4 is 5.32 Å². The van der Waals surface area contributed by atoms with Crippen LogP contribution in [0.1, 0.15) is 39.5 Å². The van der Waals surface area contributed by atoms with E-state index in [-0.39, 0.29) is 5.91 Å². The first-order valence-electron chi connectivity index (χ1n) is 5.50. The molecule has 3 unspecified atom stereocenters. The predicted molar refractivity (Wildman–Crippen MR) is 53.7 cm³/mol. The monoisotopic (exact) mass is 197 g/mol. The molecular formula is C11H19NO2. The molecule has 3 nitrogen and oxygen atoms in total. The van der Waals surface area contributed by atoms with Crippen LogP contribution in [0.4, 0.5) is 0 Å². The third-order valence-corrected chi connectivity index (χ3v) is 3.61. The second-order valence-electron chi connectivity index (χ2n) is 5.31. The Labute approximate surface area is 84.9 Å². The van der Waals surface area contributed by atoms with Crippen LogP contribution in [-0.4, -0.2) is 22.7 Å². The van der Waals surface area contributed by atoms with Crippen molar-refractivity contribution in [2.75, 3.05) is 0 Å². The van der Waals surface area contributed by atoms with Crippen LogP contribution >= 0.6 is 0 Å². The lowest BCUT2D eigenvalue weighted by Gasteiger charge is -2.26. The molecule has 2 fully saturated rings. The summed E-state index contributed by atoms with van der Waals surface area (Å²) in [6, 6.07) is 0.327. The zero-order valence-corrected chi connectivity index (χ0v) is 8.92. The highest BCUT2D eigenvalue weighted by atomic mass is 16.3. The van der Waals surface area contributed by atoms with Crippen molar-refractivity contribution in [3.05, 3.63) is 0 Å². The molecule has 0 aliphatic heterocycles. The lowest BCUT2D eigenvalue weighted by atomic mass is 9.94. The summed E-state index contributed by atoms with van der Waals surface area (Å²) < 4.78 is 0. The van der Waals surface area contributed by atoms with E-state index in [1.807, 2.05) is 0 Å². The second-order valence-corrected chi connectivity index (χ2v) is 5.31. The Bertz CT molecular complexity index is 244. The van der Waals surface area contributed by atoms with Crippen molar-refractivity contribution in [3.8, 4) is 0 Å². The van der Waals surface area contributed by atoms with Gasteiger partial charge in [-0.05, 0) is 44.9 Å². The number of nitrogens with one attached hydrogen (secondary N) is 1. The van der Waals surface area contributed by atoms with E-state index in [1.54, 1.807) is 0 Å². The summed E-state index contributed by atoms with van der Waals surface area (Å²) in [5.74, 6) is 1.27.